The van der Waals surface area contributed by atoms with Gasteiger partial charge in [-0.15, -0.1) is 0 Å². The molecule has 0 aliphatic heterocycles. The van der Waals surface area contributed by atoms with E-state index in [-0.39, 0.29) is 5.92 Å². The molecule has 0 aliphatic carbocycles. The fourth-order valence-corrected chi connectivity index (χ4v) is 2.33. The van der Waals surface area contributed by atoms with Gasteiger partial charge in [-0.3, -0.25) is 4.79 Å². The van der Waals surface area contributed by atoms with Gasteiger partial charge in [0.15, 0.2) is 0 Å². The van der Waals surface area contributed by atoms with E-state index < -0.39 is 17.5 Å². The van der Waals surface area contributed by atoms with Crippen LogP contribution in [0.15, 0.2) is 0 Å². The maximum atomic E-state index is 11.1. The van der Waals surface area contributed by atoms with Crippen LogP contribution >= 0.6 is 0 Å². The smallest absolute Gasteiger partial charge is 0.309 e. The summed E-state index contributed by atoms with van der Waals surface area (Å²) in [7, 11) is 0. The van der Waals surface area contributed by atoms with Gasteiger partial charge in [0.1, 0.15) is 0 Å². The van der Waals surface area contributed by atoms with Crippen molar-refractivity contribution in [2.45, 2.75) is 65.4 Å². The normalized spacial score (nSPS) is 17.1. The molecule has 0 aromatic carbocycles. The second-order valence-electron chi connectivity index (χ2n) is 5.23. The largest absolute Gasteiger partial charge is 0.481 e. The van der Waals surface area contributed by atoms with E-state index >= 15 is 0 Å². The molecule has 0 spiro atoms. The molecule has 0 rings (SSSR count). The molecule has 0 aliphatic rings. The molecular weight excluding hydrogens is 204 g/mol. The molecule has 0 saturated heterocycles. The Hall–Kier alpha value is -0.570. The van der Waals surface area contributed by atoms with E-state index in [9.17, 15) is 9.90 Å². The molecule has 0 saturated carbocycles. The van der Waals surface area contributed by atoms with Crippen molar-refractivity contribution in [3.05, 3.63) is 0 Å². The van der Waals surface area contributed by atoms with Crippen molar-refractivity contribution in [1.29, 1.82) is 0 Å². The third kappa shape index (κ3) is 4.97. The summed E-state index contributed by atoms with van der Waals surface area (Å²) in [6, 6.07) is 0. The number of carboxylic acids is 1. The standard InChI is InChI=1S/C13H26O3/c1-5-6-7-8-9-13(4,16)11(10(2)3)12(14)15/h10-11,16H,5-9H2,1-4H3,(H,14,15). The van der Waals surface area contributed by atoms with Crippen LogP contribution in [0.2, 0.25) is 0 Å². The van der Waals surface area contributed by atoms with Crippen LogP contribution in [0, 0.1) is 11.8 Å². The van der Waals surface area contributed by atoms with Crippen LogP contribution in [0.3, 0.4) is 0 Å². The first kappa shape index (κ1) is 15.4. The summed E-state index contributed by atoms with van der Waals surface area (Å²) in [4.78, 5) is 11.1. The monoisotopic (exact) mass is 230 g/mol. The lowest BCUT2D eigenvalue weighted by molar-refractivity contribution is -0.154. The zero-order chi connectivity index (χ0) is 12.8. The summed E-state index contributed by atoms with van der Waals surface area (Å²) in [5, 5.41) is 19.4. The Bertz CT molecular complexity index is 209. The molecule has 3 nitrogen and oxygen atoms in total. The molecule has 2 unspecified atom stereocenters. The third-order valence-electron chi connectivity index (χ3n) is 3.14. The number of aliphatic hydroxyl groups is 1. The molecule has 0 aromatic rings. The van der Waals surface area contributed by atoms with E-state index in [1.165, 1.54) is 0 Å². The Morgan fingerprint density at radius 2 is 1.81 bits per heavy atom. The molecule has 0 heterocycles. The highest BCUT2D eigenvalue weighted by Gasteiger charge is 2.38. The van der Waals surface area contributed by atoms with E-state index in [0.29, 0.717) is 6.42 Å². The van der Waals surface area contributed by atoms with Gasteiger partial charge in [-0.1, -0.05) is 46.5 Å². The summed E-state index contributed by atoms with van der Waals surface area (Å²) < 4.78 is 0. The van der Waals surface area contributed by atoms with Gasteiger partial charge < -0.3 is 10.2 Å². The Balaban J connectivity index is 4.31. The number of unbranched alkanes of at least 4 members (excludes halogenated alkanes) is 3. The van der Waals surface area contributed by atoms with Crippen LogP contribution in [0.1, 0.15) is 59.8 Å². The Kier molecular flexibility index (Phi) is 6.65. The highest BCUT2D eigenvalue weighted by atomic mass is 16.4. The molecular formula is C13H26O3. The van der Waals surface area contributed by atoms with Gasteiger partial charge in [-0.05, 0) is 19.3 Å². The van der Waals surface area contributed by atoms with E-state index in [1.54, 1.807) is 6.92 Å². The van der Waals surface area contributed by atoms with Gasteiger partial charge in [-0.2, -0.15) is 0 Å². The second kappa shape index (κ2) is 6.89. The topological polar surface area (TPSA) is 57.5 Å². The van der Waals surface area contributed by atoms with Crippen LogP contribution < -0.4 is 0 Å². The zero-order valence-corrected chi connectivity index (χ0v) is 11.0. The summed E-state index contributed by atoms with van der Waals surface area (Å²) in [6.07, 6.45) is 4.83. The van der Waals surface area contributed by atoms with Gasteiger partial charge in [0.25, 0.3) is 0 Å². The highest BCUT2D eigenvalue weighted by Crippen LogP contribution is 2.30. The first-order chi connectivity index (χ1) is 7.33. The average Bonchev–Trinajstić information content (AvgIpc) is 2.10. The van der Waals surface area contributed by atoms with E-state index in [4.69, 9.17) is 5.11 Å². The van der Waals surface area contributed by atoms with E-state index in [2.05, 4.69) is 6.92 Å². The molecule has 0 bridgehead atoms. The fraction of sp³-hybridized carbons (Fsp3) is 0.923. The van der Waals surface area contributed by atoms with Crippen molar-refractivity contribution >= 4 is 5.97 Å². The first-order valence-corrected chi connectivity index (χ1v) is 6.28. The maximum absolute atomic E-state index is 11.1. The zero-order valence-electron chi connectivity index (χ0n) is 11.0. The van der Waals surface area contributed by atoms with Crippen molar-refractivity contribution in [2.24, 2.45) is 11.8 Å². The second-order valence-corrected chi connectivity index (χ2v) is 5.23. The summed E-state index contributed by atoms with van der Waals surface area (Å²) >= 11 is 0. The van der Waals surface area contributed by atoms with Gasteiger partial charge in [-0.25, -0.2) is 0 Å². The van der Waals surface area contributed by atoms with Crippen molar-refractivity contribution < 1.29 is 15.0 Å². The lowest BCUT2D eigenvalue weighted by Crippen LogP contribution is -2.42. The minimum Gasteiger partial charge on any atom is -0.481 e. The van der Waals surface area contributed by atoms with E-state index in [1.807, 2.05) is 13.8 Å². The first-order valence-electron chi connectivity index (χ1n) is 6.28. The van der Waals surface area contributed by atoms with Crippen LogP contribution in [0.25, 0.3) is 0 Å². The predicted molar refractivity (Wildman–Crippen MR) is 65.3 cm³/mol. The van der Waals surface area contributed by atoms with Crippen molar-refractivity contribution in [1.82, 2.24) is 0 Å². The SMILES string of the molecule is CCCCCCC(C)(O)C(C(=O)O)C(C)C. The molecule has 0 amide bonds. The molecule has 3 heteroatoms. The van der Waals surface area contributed by atoms with Gasteiger partial charge >= 0.3 is 5.97 Å². The maximum Gasteiger partial charge on any atom is 0.309 e. The average molecular weight is 230 g/mol. The Labute approximate surface area is 98.9 Å². The van der Waals surface area contributed by atoms with Crippen molar-refractivity contribution in [3.63, 3.8) is 0 Å². The predicted octanol–water partition coefficient (Wildman–Crippen LogP) is 3.06. The lowest BCUT2D eigenvalue weighted by atomic mass is 9.78. The summed E-state index contributed by atoms with van der Waals surface area (Å²) in [5.74, 6) is -1.61. The Morgan fingerprint density at radius 1 is 1.25 bits per heavy atom. The van der Waals surface area contributed by atoms with Crippen LogP contribution in [0.5, 0.6) is 0 Å². The molecule has 2 atom stereocenters. The minimum absolute atomic E-state index is 0.0429. The molecule has 0 aromatic heterocycles. The fourth-order valence-electron chi connectivity index (χ4n) is 2.33. The number of hydrogen-bond donors (Lipinski definition) is 2. The van der Waals surface area contributed by atoms with E-state index in [0.717, 1.165) is 25.7 Å². The summed E-state index contributed by atoms with van der Waals surface area (Å²) in [5.41, 5.74) is -1.09. The highest BCUT2D eigenvalue weighted by molar-refractivity contribution is 5.71. The third-order valence-corrected chi connectivity index (χ3v) is 3.14. The minimum atomic E-state index is -1.09. The summed E-state index contributed by atoms with van der Waals surface area (Å²) in [6.45, 7) is 7.47. The number of aliphatic carboxylic acids is 1. The number of hydrogen-bond acceptors (Lipinski definition) is 2. The van der Waals surface area contributed by atoms with Crippen molar-refractivity contribution in [3.8, 4) is 0 Å². The quantitative estimate of drug-likeness (QED) is 0.630. The number of rotatable bonds is 8. The lowest BCUT2D eigenvalue weighted by Gasteiger charge is -2.32. The molecule has 2 N–H and O–H groups in total. The van der Waals surface area contributed by atoms with Crippen LogP contribution in [-0.4, -0.2) is 21.8 Å². The van der Waals surface area contributed by atoms with Crippen LogP contribution in [0.4, 0.5) is 0 Å². The molecule has 0 fully saturated rings. The molecule has 16 heavy (non-hydrogen) atoms. The number of carbonyl (C=O) groups is 1. The van der Waals surface area contributed by atoms with Gasteiger partial charge in [0, 0.05) is 0 Å². The molecule has 96 valence electrons. The number of carboxylic acid groups (broad SMARTS) is 1. The van der Waals surface area contributed by atoms with Gasteiger partial charge in [0.2, 0.25) is 0 Å². The Morgan fingerprint density at radius 3 is 2.19 bits per heavy atom. The molecule has 0 radical (unpaired) electrons. The van der Waals surface area contributed by atoms with Crippen LogP contribution in [-0.2, 0) is 4.79 Å². The van der Waals surface area contributed by atoms with Crippen molar-refractivity contribution in [2.75, 3.05) is 0 Å². The van der Waals surface area contributed by atoms with Gasteiger partial charge in [0.05, 0.1) is 11.5 Å².